The molecule has 0 aliphatic rings. The predicted octanol–water partition coefficient (Wildman–Crippen LogP) is 4.08. The molecular weight excluding hydrogens is 324 g/mol. The quantitative estimate of drug-likeness (QED) is 0.881. The molecule has 1 atom stereocenters. The smallest absolute Gasteiger partial charge is 0.134 e. The van der Waals surface area contributed by atoms with E-state index in [-0.39, 0.29) is 6.04 Å². The number of hydrogen-bond donors (Lipinski definition) is 2. The van der Waals surface area contributed by atoms with Crippen LogP contribution in [0.15, 0.2) is 22.7 Å². The number of para-hydroxylation sites is 1. The Morgan fingerprint density at radius 2 is 2.16 bits per heavy atom. The summed E-state index contributed by atoms with van der Waals surface area (Å²) >= 11 is 5.05. The molecule has 0 bridgehead atoms. The molecule has 0 aliphatic carbocycles. The molecule has 2 rings (SSSR count). The fourth-order valence-electron chi connectivity index (χ4n) is 2.01. The van der Waals surface area contributed by atoms with E-state index in [2.05, 4.69) is 33.2 Å². The molecule has 0 saturated carbocycles. The van der Waals surface area contributed by atoms with Crippen molar-refractivity contribution < 1.29 is 5.11 Å². The summed E-state index contributed by atoms with van der Waals surface area (Å²) in [6.45, 7) is 6.80. The van der Waals surface area contributed by atoms with Gasteiger partial charge in [-0.1, -0.05) is 12.1 Å². The van der Waals surface area contributed by atoms with Crippen LogP contribution >= 0.6 is 27.3 Å². The van der Waals surface area contributed by atoms with E-state index in [1.54, 1.807) is 11.3 Å². The van der Waals surface area contributed by atoms with Crippen molar-refractivity contribution in [1.82, 2.24) is 10.3 Å². The molecule has 3 nitrogen and oxygen atoms in total. The van der Waals surface area contributed by atoms with Crippen molar-refractivity contribution in [1.29, 1.82) is 0 Å². The number of phenols is 1. The molecule has 0 amide bonds. The van der Waals surface area contributed by atoms with Gasteiger partial charge in [0.1, 0.15) is 5.75 Å². The summed E-state index contributed by atoms with van der Waals surface area (Å²) < 4.78 is 0.726. The molecule has 1 heterocycles. The largest absolute Gasteiger partial charge is 0.506 e. The van der Waals surface area contributed by atoms with Crippen LogP contribution in [0.5, 0.6) is 5.75 Å². The Morgan fingerprint density at radius 3 is 2.79 bits per heavy atom. The summed E-state index contributed by atoms with van der Waals surface area (Å²) in [4.78, 5) is 5.70. The molecule has 5 heteroatoms. The van der Waals surface area contributed by atoms with Gasteiger partial charge in [-0.05, 0) is 42.8 Å². The van der Waals surface area contributed by atoms with Crippen molar-refractivity contribution in [2.75, 3.05) is 0 Å². The van der Waals surface area contributed by atoms with Gasteiger partial charge in [-0.3, -0.25) is 0 Å². The van der Waals surface area contributed by atoms with Crippen LogP contribution in [0.3, 0.4) is 0 Å². The van der Waals surface area contributed by atoms with Gasteiger partial charge in [0, 0.05) is 23.0 Å². The normalized spacial score (nSPS) is 12.6. The van der Waals surface area contributed by atoms with E-state index in [0.29, 0.717) is 12.3 Å². The van der Waals surface area contributed by atoms with Crippen LogP contribution < -0.4 is 5.32 Å². The van der Waals surface area contributed by atoms with Crippen molar-refractivity contribution in [3.05, 3.63) is 43.8 Å². The fourth-order valence-corrected chi connectivity index (χ4v) is 3.37. The molecule has 0 fully saturated rings. The monoisotopic (exact) mass is 340 g/mol. The number of hydrogen-bond acceptors (Lipinski definition) is 4. The van der Waals surface area contributed by atoms with Crippen LogP contribution in [0.2, 0.25) is 0 Å². The van der Waals surface area contributed by atoms with Crippen molar-refractivity contribution >= 4 is 27.3 Å². The molecule has 0 radical (unpaired) electrons. The summed E-state index contributed by atoms with van der Waals surface area (Å²) in [5, 5.41) is 14.5. The van der Waals surface area contributed by atoms with E-state index in [9.17, 15) is 5.11 Å². The number of halogens is 1. The first-order valence-corrected chi connectivity index (χ1v) is 7.73. The summed E-state index contributed by atoms with van der Waals surface area (Å²) in [7, 11) is 0. The third-order valence-corrected chi connectivity index (χ3v) is 4.90. The number of phenolic OH excluding ortho intramolecular Hbond substituents is 1. The highest BCUT2D eigenvalue weighted by Crippen LogP contribution is 2.29. The second kappa shape index (κ2) is 6.03. The van der Waals surface area contributed by atoms with Crippen molar-refractivity contribution in [2.24, 2.45) is 0 Å². The second-order valence-electron chi connectivity index (χ2n) is 4.53. The van der Waals surface area contributed by atoms with Crippen molar-refractivity contribution in [3.63, 3.8) is 0 Å². The van der Waals surface area contributed by atoms with Gasteiger partial charge in [0.2, 0.25) is 0 Å². The van der Waals surface area contributed by atoms with Gasteiger partial charge >= 0.3 is 0 Å². The number of aryl methyl sites for hydroxylation is 2. The molecule has 0 saturated heterocycles. The highest BCUT2D eigenvalue weighted by atomic mass is 79.9. The van der Waals surface area contributed by atoms with E-state index >= 15 is 0 Å². The third kappa shape index (κ3) is 3.35. The number of thiazole rings is 1. The Labute approximate surface area is 125 Å². The zero-order valence-corrected chi connectivity index (χ0v) is 13.6. The number of nitrogens with zero attached hydrogens (tertiary/aromatic N) is 1. The first-order valence-electron chi connectivity index (χ1n) is 6.12. The second-order valence-corrected chi connectivity index (χ2v) is 6.62. The topological polar surface area (TPSA) is 45.2 Å². The lowest BCUT2D eigenvalue weighted by atomic mass is 10.1. The Balaban J connectivity index is 2.06. The molecule has 0 spiro atoms. The Kier molecular flexibility index (Phi) is 4.60. The SMILES string of the molecule is Cc1nc(C)c(C(C)NCc2cccc(Br)c2O)s1. The van der Waals surface area contributed by atoms with Crippen LogP contribution in [0, 0.1) is 13.8 Å². The van der Waals surface area contributed by atoms with Crippen molar-refractivity contribution in [2.45, 2.75) is 33.4 Å². The molecule has 1 aromatic carbocycles. The van der Waals surface area contributed by atoms with E-state index in [0.717, 1.165) is 20.7 Å². The van der Waals surface area contributed by atoms with E-state index in [1.165, 1.54) is 4.88 Å². The van der Waals surface area contributed by atoms with E-state index in [4.69, 9.17) is 0 Å². The maximum atomic E-state index is 9.94. The predicted molar refractivity (Wildman–Crippen MR) is 82.6 cm³/mol. The Morgan fingerprint density at radius 1 is 1.42 bits per heavy atom. The standard InChI is InChI=1S/C14H17BrN2OS/c1-8(14-9(2)17-10(3)19-14)16-7-11-5-4-6-12(15)13(11)18/h4-6,8,16,18H,7H2,1-3H3. The first kappa shape index (κ1) is 14.5. The summed E-state index contributed by atoms with van der Waals surface area (Å²) in [5.74, 6) is 0.305. The minimum absolute atomic E-state index is 0.226. The van der Waals surface area contributed by atoms with Crippen LogP contribution in [-0.2, 0) is 6.54 Å². The zero-order chi connectivity index (χ0) is 14.0. The van der Waals surface area contributed by atoms with Crippen LogP contribution in [0.4, 0.5) is 0 Å². The maximum Gasteiger partial charge on any atom is 0.134 e. The zero-order valence-electron chi connectivity index (χ0n) is 11.2. The summed E-state index contributed by atoms with van der Waals surface area (Å²) in [6.07, 6.45) is 0. The Hall–Kier alpha value is -0.910. The van der Waals surface area contributed by atoms with E-state index < -0.39 is 0 Å². The average molecular weight is 341 g/mol. The first-order chi connectivity index (χ1) is 8.99. The number of rotatable bonds is 4. The van der Waals surface area contributed by atoms with Gasteiger partial charge in [-0.15, -0.1) is 11.3 Å². The molecule has 102 valence electrons. The van der Waals surface area contributed by atoms with Crippen molar-refractivity contribution in [3.8, 4) is 5.75 Å². The molecule has 1 unspecified atom stereocenters. The highest BCUT2D eigenvalue weighted by molar-refractivity contribution is 9.10. The van der Waals surface area contributed by atoms with Crippen LogP contribution in [0.1, 0.15) is 34.1 Å². The number of benzene rings is 1. The third-order valence-electron chi connectivity index (χ3n) is 3.00. The van der Waals surface area contributed by atoms with Crippen LogP contribution in [-0.4, -0.2) is 10.1 Å². The summed E-state index contributed by atoms with van der Waals surface area (Å²) in [6, 6.07) is 5.90. The highest BCUT2D eigenvalue weighted by Gasteiger charge is 2.13. The van der Waals surface area contributed by atoms with Crippen LogP contribution in [0.25, 0.3) is 0 Å². The van der Waals surface area contributed by atoms with Gasteiger partial charge in [0.15, 0.2) is 0 Å². The summed E-state index contributed by atoms with van der Waals surface area (Å²) in [5.41, 5.74) is 1.97. The van der Waals surface area contributed by atoms with Gasteiger partial charge in [-0.25, -0.2) is 4.98 Å². The average Bonchev–Trinajstić information content (AvgIpc) is 2.70. The lowest BCUT2D eigenvalue weighted by molar-refractivity contribution is 0.457. The van der Waals surface area contributed by atoms with Gasteiger partial charge in [0.25, 0.3) is 0 Å². The number of aromatic nitrogens is 1. The molecule has 2 N–H and O–H groups in total. The maximum absolute atomic E-state index is 9.94. The fraction of sp³-hybridized carbons (Fsp3) is 0.357. The molecule has 1 aromatic heterocycles. The lowest BCUT2D eigenvalue weighted by Gasteiger charge is -2.14. The van der Waals surface area contributed by atoms with Gasteiger partial charge in [0.05, 0.1) is 15.2 Å². The van der Waals surface area contributed by atoms with E-state index in [1.807, 2.05) is 32.0 Å². The van der Waals surface area contributed by atoms with Gasteiger partial charge in [-0.2, -0.15) is 0 Å². The number of nitrogens with one attached hydrogen (secondary N) is 1. The molecule has 0 aliphatic heterocycles. The lowest BCUT2D eigenvalue weighted by Crippen LogP contribution is -2.18. The molecule has 2 aromatic rings. The Bertz CT molecular complexity index is 583. The minimum Gasteiger partial charge on any atom is -0.506 e. The molecule has 19 heavy (non-hydrogen) atoms. The molecular formula is C14H17BrN2OS. The number of aromatic hydroxyl groups is 1. The minimum atomic E-state index is 0.226. The van der Waals surface area contributed by atoms with Gasteiger partial charge < -0.3 is 10.4 Å².